The minimum atomic E-state index is -0.373. The van der Waals surface area contributed by atoms with Gasteiger partial charge in [0.05, 0.1) is 11.1 Å². The molecule has 2 atom stereocenters. The average Bonchev–Trinajstić information content (AvgIpc) is 3.66. The summed E-state index contributed by atoms with van der Waals surface area (Å²) < 4.78 is 13.9. The van der Waals surface area contributed by atoms with E-state index in [4.69, 9.17) is 33.1 Å². The molecule has 248 valence electrons. The van der Waals surface area contributed by atoms with Crippen molar-refractivity contribution in [3.63, 3.8) is 0 Å². The average molecular weight is 647 g/mol. The van der Waals surface area contributed by atoms with Gasteiger partial charge < -0.3 is 25.9 Å². The van der Waals surface area contributed by atoms with Gasteiger partial charge in [-0.25, -0.2) is 4.39 Å². The van der Waals surface area contributed by atoms with Crippen LogP contribution < -0.4 is 16.0 Å². The zero-order valence-electron chi connectivity index (χ0n) is 27.7. The molecule has 0 spiro atoms. The molecule has 1 heterocycles. The molecule has 6 nitrogen and oxygen atoms in total. The zero-order valence-corrected chi connectivity index (χ0v) is 29.3. The first-order valence-corrected chi connectivity index (χ1v) is 15.8. The molecule has 0 bridgehead atoms. The van der Waals surface area contributed by atoms with Gasteiger partial charge in [0, 0.05) is 36.8 Å². The number of aliphatic hydroxyl groups excluding tert-OH is 1. The number of hydrogen-bond acceptors (Lipinski definition) is 5. The number of halogens is 3. The molecule has 0 aromatic heterocycles. The summed E-state index contributed by atoms with van der Waals surface area (Å²) in [7, 11) is 1.83. The summed E-state index contributed by atoms with van der Waals surface area (Å²) in [5.41, 5.74) is 2.35. The Morgan fingerprint density at radius 1 is 1.16 bits per heavy atom. The van der Waals surface area contributed by atoms with Gasteiger partial charge in [0.2, 0.25) is 6.41 Å². The number of rotatable bonds is 8. The second-order valence-electron chi connectivity index (χ2n) is 11.2. The van der Waals surface area contributed by atoms with Crippen molar-refractivity contribution in [3.8, 4) is 0 Å². The van der Waals surface area contributed by atoms with E-state index in [1.807, 2.05) is 46.8 Å². The monoisotopic (exact) mass is 645 g/mol. The summed E-state index contributed by atoms with van der Waals surface area (Å²) in [6.45, 7) is 22.7. The Kier molecular flexibility index (Phi) is 30.1. The van der Waals surface area contributed by atoms with Gasteiger partial charge in [-0.3, -0.25) is 4.79 Å². The van der Waals surface area contributed by atoms with E-state index < -0.39 is 0 Å². The van der Waals surface area contributed by atoms with Crippen molar-refractivity contribution in [3.05, 3.63) is 64.5 Å². The van der Waals surface area contributed by atoms with Crippen LogP contribution >= 0.6 is 23.2 Å². The lowest BCUT2D eigenvalue weighted by Gasteiger charge is -2.21. The van der Waals surface area contributed by atoms with Gasteiger partial charge >= 0.3 is 0 Å². The quantitative estimate of drug-likeness (QED) is 0.168. The molecule has 9 heteroatoms. The third kappa shape index (κ3) is 24.9. The number of anilines is 1. The molecule has 2 aliphatic rings. The van der Waals surface area contributed by atoms with Gasteiger partial charge in [-0.1, -0.05) is 102 Å². The van der Waals surface area contributed by atoms with E-state index in [1.165, 1.54) is 12.8 Å². The molecule has 1 saturated heterocycles. The van der Waals surface area contributed by atoms with E-state index >= 15 is 0 Å². The highest BCUT2D eigenvalue weighted by Gasteiger charge is 2.29. The molecule has 3 rings (SSSR count). The number of amides is 1. The van der Waals surface area contributed by atoms with Crippen molar-refractivity contribution < 1.29 is 19.1 Å². The number of nitrogens with one attached hydrogen (secondary N) is 3. The van der Waals surface area contributed by atoms with Gasteiger partial charge in [0.15, 0.2) is 0 Å². The van der Waals surface area contributed by atoms with E-state index in [1.54, 1.807) is 18.2 Å². The van der Waals surface area contributed by atoms with E-state index in [9.17, 15) is 9.18 Å². The Labute approximate surface area is 271 Å². The molecule has 1 saturated carbocycles. The fourth-order valence-corrected chi connectivity index (χ4v) is 4.14. The maximum Gasteiger partial charge on any atom is 0.207 e. The summed E-state index contributed by atoms with van der Waals surface area (Å²) in [4.78, 5) is 17.3. The van der Waals surface area contributed by atoms with Crippen molar-refractivity contribution in [1.29, 1.82) is 0 Å². The largest absolute Gasteiger partial charge is 0.393 e. The lowest BCUT2D eigenvalue weighted by atomic mass is 9.85. The van der Waals surface area contributed by atoms with Crippen LogP contribution in [-0.4, -0.2) is 51.1 Å². The highest BCUT2D eigenvalue weighted by molar-refractivity contribution is 6.31. The first kappa shape index (κ1) is 45.2. The molecule has 0 radical (unpaired) electrons. The lowest BCUT2D eigenvalue weighted by Crippen LogP contribution is -2.12. The Bertz CT molecular complexity index is 909. The molecule has 1 aliphatic heterocycles. The standard InChI is InChI=1S/C18H21Cl2FN2.C5H10O.C5H12.C3H7NO.C2H6.CH2O/c1-3-13(19)7-5-4-6-12-10-23-11-15(12)14-8-17(21)16(20)9-18(14)22-2;6-5-3-1-2-4-5;1-5(2,3)4;1-2-4-3-5;2*1-2/h3-5,7-9,12,15,22-23H,1,6,10-11H2,2H3;5-6H,1-4H2;1-4H3;3H,2H2,1H3,(H,4,5);1-2H3;1H2/b5-4-,13-7+;;;;;/t12-,15+;;;;;/m0...../s1. The van der Waals surface area contributed by atoms with Crippen LogP contribution in [0.5, 0.6) is 0 Å². The van der Waals surface area contributed by atoms with Gasteiger partial charge in [-0.05, 0) is 67.8 Å². The minimum Gasteiger partial charge on any atom is -0.393 e. The zero-order chi connectivity index (χ0) is 33.8. The van der Waals surface area contributed by atoms with Crippen molar-refractivity contribution in [1.82, 2.24) is 10.6 Å². The van der Waals surface area contributed by atoms with Crippen molar-refractivity contribution in [2.45, 2.75) is 92.6 Å². The van der Waals surface area contributed by atoms with Crippen LogP contribution in [0, 0.1) is 17.2 Å². The number of benzene rings is 1. The Morgan fingerprint density at radius 3 is 2.12 bits per heavy atom. The van der Waals surface area contributed by atoms with E-state index in [-0.39, 0.29) is 22.9 Å². The predicted octanol–water partition coefficient (Wildman–Crippen LogP) is 8.65. The molecule has 1 aromatic rings. The first-order valence-electron chi connectivity index (χ1n) is 15.0. The van der Waals surface area contributed by atoms with Crippen molar-refractivity contribution in [2.75, 3.05) is 32.0 Å². The van der Waals surface area contributed by atoms with Crippen LogP contribution in [-0.2, 0) is 9.59 Å². The number of aliphatic hydroxyl groups is 1. The Morgan fingerprint density at radius 2 is 1.72 bits per heavy atom. The SMILES string of the molecule is C=C/C(Cl)=C\C=C/C[C@H]1CNC[C@H]1c1cc(F)c(Cl)cc1NC.C=O.CC.CC(C)(C)C.CCNC=O.OC1CCCC1. The fraction of sp³-hybridized carbons (Fsp3) is 0.588. The summed E-state index contributed by atoms with van der Waals surface area (Å²) >= 11 is 11.8. The smallest absolute Gasteiger partial charge is 0.207 e. The molecular formula is C34H58Cl2FN3O3. The number of carbonyl (C=O) groups excluding carboxylic acids is 2. The van der Waals surface area contributed by atoms with Gasteiger partial charge in [0.25, 0.3) is 0 Å². The molecular weight excluding hydrogens is 588 g/mol. The van der Waals surface area contributed by atoms with E-state index in [0.717, 1.165) is 50.1 Å². The summed E-state index contributed by atoms with van der Waals surface area (Å²) in [5, 5.41) is 18.4. The predicted molar refractivity (Wildman–Crippen MR) is 186 cm³/mol. The molecule has 43 heavy (non-hydrogen) atoms. The van der Waals surface area contributed by atoms with Crippen LogP contribution in [0.1, 0.15) is 92.1 Å². The maximum absolute atomic E-state index is 13.9. The minimum absolute atomic E-state index is 0.0463. The normalized spacial score (nSPS) is 17.6. The number of allylic oxidation sites excluding steroid dienone is 5. The lowest BCUT2D eigenvalue weighted by molar-refractivity contribution is -0.109. The Balaban J connectivity index is -0.000000649. The molecule has 1 aromatic carbocycles. The summed E-state index contributed by atoms with van der Waals surface area (Å²) in [6.07, 6.45) is 13.6. The maximum atomic E-state index is 13.9. The van der Waals surface area contributed by atoms with Crippen molar-refractivity contribution >= 4 is 42.1 Å². The first-order chi connectivity index (χ1) is 20.4. The van der Waals surface area contributed by atoms with Crippen molar-refractivity contribution in [2.24, 2.45) is 11.3 Å². The molecule has 2 fully saturated rings. The summed E-state index contributed by atoms with van der Waals surface area (Å²) in [6, 6.07) is 3.21. The topological polar surface area (TPSA) is 90.5 Å². The van der Waals surface area contributed by atoms with Gasteiger partial charge in [-0.2, -0.15) is 0 Å². The number of hydrogen-bond donors (Lipinski definition) is 4. The highest BCUT2D eigenvalue weighted by atomic mass is 35.5. The van der Waals surface area contributed by atoms with Crippen LogP contribution in [0.2, 0.25) is 5.02 Å². The third-order valence-electron chi connectivity index (χ3n) is 5.74. The fourth-order valence-electron chi connectivity index (χ4n) is 3.90. The molecule has 1 aliphatic carbocycles. The summed E-state index contributed by atoms with van der Waals surface area (Å²) in [5.74, 6) is 0.269. The van der Waals surface area contributed by atoms with E-state index in [2.05, 4.69) is 56.3 Å². The van der Waals surface area contributed by atoms with Gasteiger partial charge in [-0.15, -0.1) is 0 Å². The molecule has 1 amide bonds. The van der Waals surface area contributed by atoms with Crippen LogP contribution in [0.15, 0.2) is 48.0 Å². The Hall–Kier alpha value is -2.19. The molecule has 0 unspecified atom stereocenters. The number of carbonyl (C=O) groups is 2. The van der Waals surface area contributed by atoms with Crippen LogP contribution in [0.3, 0.4) is 0 Å². The van der Waals surface area contributed by atoms with Gasteiger partial charge in [0.1, 0.15) is 12.6 Å². The molecule has 4 N–H and O–H groups in total. The second-order valence-corrected chi connectivity index (χ2v) is 12.0. The second kappa shape index (κ2) is 28.6. The highest BCUT2D eigenvalue weighted by Crippen LogP contribution is 2.37. The third-order valence-corrected chi connectivity index (χ3v) is 6.31. The van der Waals surface area contributed by atoms with Crippen LogP contribution in [0.4, 0.5) is 10.1 Å². The van der Waals surface area contributed by atoms with E-state index in [0.29, 0.717) is 22.8 Å². The van der Waals surface area contributed by atoms with Crippen LogP contribution in [0.25, 0.3) is 0 Å².